The Bertz CT molecular complexity index is 793. The van der Waals surface area contributed by atoms with Gasteiger partial charge in [0.1, 0.15) is 22.8 Å². The molecule has 30 heavy (non-hydrogen) atoms. The molecule has 5 heteroatoms. The molecule has 1 N–H and O–H groups in total. The van der Waals surface area contributed by atoms with Crippen LogP contribution in [0.25, 0.3) is 0 Å². The molecule has 0 aromatic carbocycles. The van der Waals surface area contributed by atoms with E-state index in [-0.39, 0.29) is 34.5 Å². The molecule has 1 aliphatic heterocycles. The summed E-state index contributed by atoms with van der Waals surface area (Å²) < 4.78 is 5.34. The Morgan fingerprint density at radius 2 is 1.70 bits per heavy atom. The highest BCUT2D eigenvalue weighted by Gasteiger charge is 2.45. The number of hydrogen-bond donors (Lipinski definition) is 1. The zero-order valence-electron chi connectivity index (χ0n) is 18.3. The smallest absolute Gasteiger partial charge is 0.317 e. The molecule has 0 bridgehead atoms. The van der Waals surface area contributed by atoms with E-state index >= 15 is 0 Å². The first-order valence-electron chi connectivity index (χ1n) is 11.1. The maximum absolute atomic E-state index is 12.9. The van der Waals surface area contributed by atoms with Crippen molar-refractivity contribution in [1.29, 1.82) is 0 Å². The van der Waals surface area contributed by atoms with Gasteiger partial charge in [-0.1, -0.05) is 68.7 Å². The number of carbonyl (C=O) groups excluding carboxylic acids is 2. The third-order valence-corrected chi connectivity index (χ3v) is 7.46. The van der Waals surface area contributed by atoms with Gasteiger partial charge in [-0.2, -0.15) is 0 Å². The first kappa shape index (κ1) is 22.9. The first-order chi connectivity index (χ1) is 14.2. The van der Waals surface area contributed by atoms with E-state index < -0.39 is 23.8 Å². The second kappa shape index (κ2) is 9.55. The van der Waals surface area contributed by atoms with Crippen molar-refractivity contribution < 1.29 is 19.4 Å². The van der Waals surface area contributed by atoms with Crippen LogP contribution in [-0.2, 0) is 14.3 Å². The van der Waals surface area contributed by atoms with Gasteiger partial charge in [0, 0.05) is 5.92 Å². The lowest BCUT2D eigenvalue weighted by atomic mass is 9.58. The number of cyclic esters (lactones) is 1. The Kier molecular flexibility index (Phi) is 7.28. The van der Waals surface area contributed by atoms with Crippen molar-refractivity contribution in [3.8, 4) is 0 Å². The lowest BCUT2D eigenvalue weighted by molar-refractivity contribution is -0.152. The number of hydrogen-bond acceptors (Lipinski definition) is 4. The maximum Gasteiger partial charge on any atom is 0.317 e. The Hall–Kier alpha value is -1.81. The summed E-state index contributed by atoms with van der Waals surface area (Å²) >= 11 is 6.45. The van der Waals surface area contributed by atoms with Gasteiger partial charge in [-0.3, -0.25) is 9.59 Å². The van der Waals surface area contributed by atoms with Crippen molar-refractivity contribution in [3.63, 3.8) is 0 Å². The van der Waals surface area contributed by atoms with Gasteiger partial charge < -0.3 is 9.84 Å². The van der Waals surface area contributed by atoms with Crippen molar-refractivity contribution in [2.45, 2.75) is 53.1 Å². The number of esters is 1. The van der Waals surface area contributed by atoms with Gasteiger partial charge in [0.05, 0.1) is 0 Å². The lowest BCUT2D eigenvalue weighted by Crippen LogP contribution is -2.41. The summed E-state index contributed by atoms with van der Waals surface area (Å²) in [6.45, 7) is 7.58. The number of allylic oxidation sites excluding steroid dienone is 7. The summed E-state index contributed by atoms with van der Waals surface area (Å²) in [5, 5.41) is 11.1. The highest BCUT2D eigenvalue weighted by molar-refractivity contribution is 6.44. The van der Waals surface area contributed by atoms with Gasteiger partial charge in [-0.25, -0.2) is 0 Å². The van der Waals surface area contributed by atoms with Gasteiger partial charge in [0.2, 0.25) is 0 Å². The fourth-order valence-electron chi connectivity index (χ4n) is 5.32. The van der Waals surface area contributed by atoms with Crippen LogP contribution in [0.1, 0.15) is 47.0 Å². The molecule has 0 saturated heterocycles. The molecule has 0 aromatic rings. The molecule has 0 spiro atoms. The fraction of sp³-hybridized carbons (Fsp3) is 0.600. The van der Waals surface area contributed by atoms with Gasteiger partial charge in [-0.15, -0.1) is 0 Å². The molecule has 8 atom stereocenters. The summed E-state index contributed by atoms with van der Waals surface area (Å²) in [4.78, 5) is 25.3. The van der Waals surface area contributed by atoms with Gasteiger partial charge >= 0.3 is 5.97 Å². The SMILES string of the molecule is C[C@@H]1C(=O)O[C@@H](C)/C=C/C=C\[C@@H](C)[C@@H]2C=C[C@@H]3CCC[C@@H](C)[C@H]3[C@@H]2C(O)=C(Cl)C1=O. The summed E-state index contributed by atoms with van der Waals surface area (Å²) in [6, 6.07) is 0. The highest BCUT2D eigenvalue weighted by atomic mass is 35.5. The van der Waals surface area contributed by atoms with Crippen LogP contribution in [0.4, 0.5) is 0 Å². The second-order valence-electron chi connectivity index (χ2n) is 9.19. The van der Waals surface area contributed by atoms with E-state index in [9.17, 15) is 14.7 Å². The van der Waals surface area contributed by atoms with E-state index in [2.05, 4.69) is 32.1 Å². The molecule has 4 nitrogen and oxygen atoms in total. The summed E-state index contributed by atoms with van der Waals surface area (Å²) in [5.74, 6) is -1.42. The standard InChI is InChI=1S/C25H33ClO4/c1-14-8-5-6-10-16(3)30-25(29)17(4)23(27)22(26)24(28)21-19(14)13-12-18-11-7-9-15(2)20(18)21/h5-6,8,10,12-21,28H,7,9,11H2,1-4H3/b8-5-,10-6+,24-22?/t14-,15-,16+,17+,18+,19+,20-,21-/m1/s1. The van der Waals surface area contributed by atoms with E-state index in [4.69, 9.17) is 16.3 Å². The van der Waals surface area contributed by atoms with Crippen molar-refractivity contribution >= 4 is 23.4 Å². The number of Topliss-reactive ketones (excluding diaryl/α,β-unsaturated/α-hetero) is 1. The van der Waals surface area contributed by atoms with E-state index in [1.807, 2.05) is 12.2 Å². The summed E-state index contributed by atoms with van der Waals surface area (Å²) in [5.41, 5.74) is 0. The molecule has 1 saturated carbocycles. The Morgan fingerprint density at radius 3 is 2.43 bits per heavy atom. The van der Waals surface area contributed by atoms with Crippen molar-refractivity contribution in [1.82, 2.24) is 0 Å². The van der Waals surface area contributed by atoms with E-state index in [0.717, 1.165) is 12.8 Å². The van der Waals surface area contributed by atoms with Crippen LogP contribution >= 0.6 is 11.6 Å². The molecule has 0 radical (unpaired) electrons. The quantitative estimate of drug-likeness (QED) is 0.301. The predicted octanol–water partition coefficient (Wildman–Crippen LogP) is 5.75. The number of aliphatic hydroxyl groups excluding tert-OH is 1. The third kappa shape index (κ3) is 4.59. The van der Waals surface area contributed by atoms with Gasteiger partial charge in [-0.05, 0) is 55.9 Å². The number of carbonyl (C=O) groups is 2. The minimum Gasteiger partial charge on any atom is -0.510 e. The van der Waals surface area contributed by atoms with Crippen LogP contribution in [0.5, 0.6) is 0 Å². The molecule has 3 rings (SSSR count). The fourth-order valence-corrected chi connectivity index (χ4v) is 5.61. The number of ketones is 1. The Balaban J connectivity index is 2.10. The number of ether oxygens (including phenoxy) is 1. The lowest BCUT2D eigenvalue weighted by Gasteiger charge is -2.46. The zero-order chi connectivity index (χ0) is 22.0. The average molecular weight is 433 g/mol. The molecule has 0 unspecified atom stereocenters. The first-order valence-corrected chi connectivity index (χ1v) is 11.5. The van der Waals surface area contributed by atoms with Crippen LogP contribution in [-0.4, -0.2) is 23.0 Å². The minimum atomic E-state index is -1.07. The van der Waals surface area contributed by atoms with Crippen molar-refractivity contribution in [2.24, 2.45) is 41.4 Å². The maximum atomic E-state index is 12.9. The van der Waals surface area contributed by atoms with Crippen LogP contribution in [0.2, 0.25) is 0 Å². The van der Waals surface area contributed by atoms with E-state index in [1.165, 1.54) is 13.3 Å². The molecule has 1 fully saturated rings. The molecule has 1 heterocycles. The summed E-state index contributed by atoms with van der Waals surface area (Å²) in [7, 11) is 0. The molecule has 0 amide bonds. The van der Waals surface area contributed by atoms with Crippen LogP contribution in [0, 0.1) is 41.4 Å². The van der Waals surface area contributed by atoms with Gasteiger partial charge in [0.15, 0.2) is 5.78 Å². The zero-order valence-corrected chi connectivity index (χ0v) is 19.0. The molecule has 0 aromatic heterocycles. The highest BCUT2D eigenvalue weighted by Crippen LogP contribution is 2.50. The third-order valence-electron chi connectivity index (χ3n) is 7.08. The van der Waals surface area contributed by atoms with E-state index in [0.29, 0.717) is 11.8 Å². The number of fused-ring (bicyclic) bond motifs is 3. The Labute approximate surface area is 184 Å². The van der Waals surface area contributed by atoms with E-state index in [1.54, 1.807) is 13.0 Å². The van der Waals surface area contributed by atoms with Gasteiger partial charge in [0.25, 0.3) is 0 Å². The second-order valence-corrected chi connectivity index (χ2v) is 9.57. The molecular weight excluding hydrogens is 400 g/mol. The Morgan fingerprint density at radius 1 is 1.00 bits per heavy atom. The number of aliphatic hydroxyl groups is 1. The molecule has 2 aliphatic carbocycles. The largest absolute Gasteiger partial charge is 0.510 e. The van der Waals surface area contributed by atoms with Crippen LogP contribution in [0.3, 0.4) is 0 Å². The van der Waals surface area contributed by atoms with Crippen molar-refractivity contribution in [2.75, 3.05) is 0 Å². The van der Waals surface area contributed by atoms with Crippen LogP contribution in [0.15, 0.2) is 47.2 Å². The number of rotatable bonds is 0. The number of halogens is 1. The predicted molar refractivity (Wildman–Crippen MR) is 119 cm³/mol. The molecule has 3 aliphatic rings. The average Bonchev–Trinajstić information content (AvgIpc) is 2.73. The van der Waals surface area contributed by atoms with Crippen LogP contribution < -0.4 is 0 Å². The van der Waals surface area contributed by atoms with Crippen molar-refractivity contribution in [3.05, 3.63) is 47.2 Å². The normalized spacial score (nSPS) is 42.6. The monoisotopic (exact) mass is 432 g/mol. The minimum absolute atomic E-state index is 0.0284. The summed E-state index contributed by atoms with van der Waals surface area (Å²) in [6.07, 6.45) is 15.1. The topological polar surface area (TPSA) is 63.6 Å². The molecular formula is C25H33ClO4. The molecule has 164 valence electrons.